The van der Waals surface area contributed by atoms with Crippen LogP contribution >= 0.6 is 0 Å². The summed E-state index contributed by atoms with van der Waals surface area (Å²) in [6.45, 7) is 2.69. The van der Waals surface area contributed by atoms with Crippen LogP contribution < -0.4 is 5.32 Å². The molecule has 0 radical (unpaired) electrons. The number of nitrogens with one attached hydrogen (secondary N) is 1. The van der Waals surface area contributed by atoms with Gasteiger partial charge in [0.2, 0.25) is 0 Å². The number of anilines is 1. The number of para-hydroxylation sites is 1. The predicted molar refractivity (Wildman–Crippen MR) is 102 cm³/mol. The van der Waals surface area contributed by atoms with Crippen molar-refractivity contribution in [2.24, 2.45) is 0 Å². The van der Waals surface area contributed by atoms with Crippen LogP contribution in [0.15, 0.2) is 42.7 Å². The van der Waals surface area contributed by atoms with Crippen molar-refractivity contribution in [3.05, 3.63) is 59.4 Å². The number of hydrogen-bond donors (Lipinski definition) is 1. The Morgan fingerprint density at radius 3 is 2.56 bits per heavy atom. The summed E-state index contributed by atoms with van der Waals surface area (Å²) in [6, 6.07) is 8.03. The van der Waals surface area contributed by atoms with Gasteiger partial charge in [-0.25, -0.2) is 4.79 Å². The molecule has 0 fully saturated rings. The molecule has 1 aromatic carbocycles. The van der Waals surface area contributed by atoms with Gasteiger partial charge < -0.3 is 15.0 Å². The minimum atomic E-state index is -0.550. The van der Waals surface area contributed by atoms with Gasteiger partial charge in [0, 0.05) is 26.0 Å². The van der Waals surface area contributed by atoms with E-state index >= 15 is 0 Å². The first-order chi connectivity index (χ1) is 13.0. The maximum absolute atomic E-state index is 12.6. The van der Waals surface area contributed by atoms with E-state index in [1.807, 2.05) is 0 Å². The average Bonchev–Trinajstić information content (AvgIpc) is 2.71. The zero-order chi connectivity index (χ0) is 19.8. The highest BCUT2D eigenvalue weighted by molar-refractivity contribution is 6.08. The van der Waals surface area contributed by atoms with Gasteiger partial charge in [-0.1, -0.05) is 25.5 Å². The average molecular weight is 369 g/mol. The summed E-state index contributed by atoms with van der Waals surface area (Å²) in [5.74, 6) is -1.21. The molecular formula is C20H23N3O4. The van der Waals surface area contributed by atoms with Gasteiger partial charge in [0.25, 0.3) is 11.8 Å². The number of hydrogen-bond acceptors (Lipinski definition) is 5. The van der Waals surface area contributed by atoms with Crippen molar-refractivity contribution < 1.29 is 19.1 Å². The molecule has 0 atom stereocenters. The summed E-state index contributed by atoms with van der Waals surface area (Å²) in [6.07, 6.45) is 4.70. The summed E-state index contributed by atoms with van der Waals surface area (Å²) in [4.78, 5) is 42.5. The Bertz CT molecular complexity index is 835. The Kier molecular flexibility index (Phi) is 7.05. The number of carbonyl (C=O) groups is 3. The van der Waals surface area contributed by atoms with Crippen LogP contribution in [0.4, 0.5) is 5.69 Å². The fourth-order valence-corrected chi connectivity index (χ4v) is 2.47. The summed E-state index contributed by atoms with van der Waals surface area (Å²) in [5, 5.41) is 2.67. The highest BCUT2D eigenvalue weighted by Gasteiger charge is 2.17. The van der Waals surface area contributed by atoms with E-state index in [0.29, 0.717) is 17.8 Å². The van der Waals surface area contributed by atoms with Gasteiger partial charge in [0.1, 0.15) is 0 Å². The lowest BCUT2D eigenvalue weighted by molar-refractivity contribution is 0.0601. The highest BCUT2D eigenvalue weighted by Crippen LogP contribution is 2.17. The van der Waals surface area contributed by atoms with Gasteiger partial charge in [-0.15, -0.1) is 0 Å². The number of aromatic nitrogens is 1. The van der Waals surface area contributed by atoms with Gasteiger partial charge in [-0.2, -0.15) is 0 Å². The molecule has 0 aliphatic rings. The van der Waals surface area contributed by atoms with Crippen LogP contribution in [-0.2, 0) is 4.74 Å². The van der Waals surface area contributed by atoms with Gasteiger partial charge >= 0.3 is 5.97 Å². The second kappa shape index (κ2) is 9.47. The molecule has 1 N–H and O–H groups in total. The number of pyridine rings is 1. The van der Waals surface area contributed by atoms with Crippen molar-refractivity contribution in [3.63, 3.8) is 0 Å². The van der Waals surface area contributed by atoms with Crippen LogP contribution in [-0.4, -0.2) is 48.4 Å². The third kappa shape index (κ3) is 5.13. The molecular weight excluding hydrogens is 346 g/mol. The predicted octanol–water partition coefficient (Wildman–Crippen LogP) is 2.99. The first kappa shape index (κ1) is 20.1. The second-order valence-corrected chi connectivity index (χ2v) is 6.03. The fourth-order valence-electron chi connectivity index (χ4n) is 2.47. The van der Waals surface area contributed by atoms with Gasteiger partial charge in [0.05, 0.1) is 29.5 Å². The van der Waals surface area contributed by atoms with Crippen molar-refractivity contribution in [2.45, 2.75) is 19.8 Å². The van der Waals surface area contributed by atoms with E-state index in [4.69, 9.17) is 4.74 Å². The first-order valence-electron chi connectivity index (χ1n) is 8.67. The highest BCUT2D eigenvalue weighted by atomic mass is 16.5. The number of methoxy groups -OCH3 is 1. The third-order valence-corrected chi connectivity index (χ3v) is 4.02. The molecule has 1 aromatic heterocycles. The number of rotatable bonds is 7. The molecule has 7 heteroatoms. The minimum Gasteiger partial charge on any atom is -0.465 e. The monoisotopic (exact) mass is 369 g/mol. The van der Waals surface area contributed by atoms with Gasteiger partial charge in [-0.05, 0) is 24.6 Å². The van der Waals surface area contributed by atoms with E-state index in [1.165, 1.54) is 25.6 Å². The fraction of sp³-hybridized carbons (Fsp3) is 0.300. The number of esters is 1. The van der Waals surface area contributed by atoms with E-state index in [1.54, 1.807) is 36.2 Å². The van der Waals surface area contributed by atoms with Crippen LogP contribution in [0.2, 0.25) is 0 Å². The minimum absolute atomic E-state index is 0.194. The molecule has 2 amide bonds. The molecule has 27 heavy (non-hydrogen) atoms. The number of ether oxygens (including phenoxy) is 1. The standard InChI is InChI=1S/C20H23N3O4/c1-4-5-10-23(2)19(25)15-11-14(12-21-13-15)18(24)22-17-9-7-6-8-16(17)20(26)27-3/h6-9,11-13H,4-5,10H2,1-3H3,(H,22,24). The quantitative estimate of drug-likeness (QED) is 0.758. The zero-order valence-corrected chi connectivity index (χ0v) is 15.7. The molecule has 7 nitrogen and oxygen atoms in total. The number of benzene rings is 1. The SMILES string of the molecule is CCCCN(C)C(=O)c1cncc(C(=O)Nc2ccccc2C(=O)OC)c1. The largest absolute Gasteiger partial charge is 0.465 e. The molecule has 0 saturated heterocycles. The first-order valence-corrected chi connectivity index (χ1v) is 8.67. The van der Waals surface area contributed by atoms with Crippen molar-refractivity contribution >= 4 is 23.5 Å². The molecule has 2 aromatic rings. The smallest absolute Gasteiger partial charge is 0.339 e. The topological polar surface area (TPSA) is 88.6 Å². The van der Waals surface area contributed by atoms with E-state index in [9.17, 15) is 14.4 Å². The van der Waals surface area contributed by atoms with Crippen LogP contribution in [0.1, 0.15) is 50.8 Å². The summed E-state index contributed by atoms with van der Waals surface area (Å²) >= 11 is 0. The normalized spacial score (nSPS) is 10.2. The Hall–Kier alpha value is -3.22. The summed E-state index contributed by atoms with van der Waals surface area (Å²) < 4.78 is 4.72. The molecule has 0 aliphatic carbocycles. The maximum atomic E-state index is 12.6. The van der Waals surface area contributed by atoms with Gasteiger partial charge in [-0.3, -0.25) is 14.6 Å². The lowest BCUT2D eigenvalue weighted by Gasteiger charge is -2.17. The van der Waals surface area contributed by atoms with E-state index in [-0.39, 0.29) is 17.0 Å². The number of nitrogens with zero attached hydrogens (tertiary/aromatic N) is 2. The van der Waals surface area contributed by atoms with Crippen LogP contribution in [0.25, 0.3) is 0 Å². The Balaban J connectivity index is 2.19. The number of unbranched alkanes of at least 4 members (excludes halogenated alkanes) is 1. The molecule has 0 saturated carbocycles. The third-order valence-electron chi connectivity index (χ3n) is 4.02. The molecule has 1 heterocycles. The lowest BCUT2D eigenvalue weighted by Crippen LogP contribution is -2.28. The molecule has 0 unspecified atom stereocenters. The second-order valence-electron chi connectivity index (χ2n) is 6.03. The number of amides is 2. The van der Waals surface area contributed by atoms with Gasteiger partial charge in [0.15, 0.2) is 0 Å². The van der Waals surface area contributed by atoms with E-state index in [0.717, 1.165) is 12.8 Å². The maximum Gasteiger partial charge on any atom is 0.339 e. The molecule has 0 aliphatic heterocycles. The molecule has 142 valence electrons. The van der Waals surface area contributed by atoms with Crippen LogP contribution in [0, 0.1) is 0 Å². The number of carbonyl (C=O) groups excluding carboxylic acids is 3. The Labute approximate surface area is 158 Å². The van der Waals surface area contributed by atoms with Crippen molar-refractivity contribution in [1.29, 1.82) is 0 Å². The molecule has 0 spiro atoms. The Morgan fingerprint density at radius 2 is 1.85 bits per heavy atom. The summed E-state index contributed by atoms with van der Waals surface area (Å²) in [5.41, 5.74) is 1.13. The molecule has 2 rings (SSSR count). The van der Waals surface area contributed by atoms with Crippen molar-refractivity contribution in [2.75, 3.05) is 26.0 Å². The van der Waals surface area contributed by atoms with E-state index in [2.05, 4.69) is 17.2 Å². The van der Waals surface area contributed by atoms with Crippen LogP contribution in [0.3, 0.4) is 0 Å². The van der Waals surface area contributed by atoms with Crippen molar-refractivity contribution in [1.82, 2.24) is 9.88 Å². The van der Waals surface area contributed by atoms with Crippen LogP contribution in [0.5, 0.6) is 0 Å². The lowest BCUT2D eigenvalue weighted by atomic mass is 10.1. The van der Waals surface area contributed by atoms with Crippen molar-refractivity contribution in [3.8, 4) is 0 Å². The molecule has 0 bridgehead atoms. The Morgan fingerprint density at radius 1 is 1.15 bits per heavy atom. The zero-order valence-electron chi connectivity index (χ0n) is 15.7. The van der Waals surface area contributed by atoms with E-state index < -0.39 is 11.9 Å². The summed E-state index contributed by atoms with van der Waals surface area (Å²) in [7, 11) is 2.99.